The highest BCUT2D eigenvalue weighted by molar-refractivity contribution is 5.83. The minimum absolute atomic E-state index is 0.578. The lowest BCUT2D eigenvalue weighted by Gasteiger charge is -2.20. The first kappa shape index (κ1) is 11.4. The standard InChI is InChI=1S/C7H10O6/c1-4(8)2-7(13,6(11)12)3-5(9)10/h8,13H,1-3H2,(H,9,10)(H,11,12). The Balaban J connectivity index is 4.62. The van der Waals surface area contributed by atoms with Gasteiger partial charge in [-0.15, -0.1) is 0 Å². The second-order valence-corrected chi connectivity index (χ2v) is 2.65. The van der Waals surface area contributed by atoms with Crippen LogP contribution in [0.4, 0.5) is 0 Å². The second-order valence-electron chi connectivity index (χ2n) is 2.65. The molecule has 0 bridgehead atoms. The van der Waals surface area contributed by atoms with Crippen LogP contribution in [0.5, 0.6) is 0 Å². The van der Waals surface area contributed by atoms with Crippen molar-refractivity contribution in [1.29, 1.82) is 0 Å². The average Bonchev–Trinajstić information content (AvgIpc) is 1.82. The average molecular weight is 190 g/mol. The van der Waals surface area contributed by atoms with Gasteiger partial charge in [0, 0.05) is 6.42 Å². The molecule has 0 fully saturated rings. The Morgan fingerprint density at radius 3 is 1.85 bits per heavy atom. The van der Waals surface area contributed by atoms with E-state index in [1.807, 2.05) is 0 Å². The van der Waals surface area contributed by atoms with Gasteiger partial charge in [0.1, 0.15) is 0 Å². The molecular weight excluding hydrogens is 180 g/mol. The van der Waals surface area contributed by atoms with E-state index in [4.69, 9.17) is 15.3 Å². The fraction of sp³-hybridized carbons (Fsp3) is 0.429. The maximum atomic E-state index is 10.4. The van der Waals surface area contributed by atoms with Crippen molar-refractivity contribution in [2.24, 2.45) is 0 Å². The molecule has 0 aliphatic heterocycles. The molecule has 4 N–H and O–H groups in total. The molecule has 6 nitrogen and oxygen atoms in total. The number of rotatable bonds is 5. The number of aliphatic carboxylic acids is 2. The van der Waals surface area contributed by atoms with Gasteiger partial charge in [0.25, 0.3) is 0 Å². The van der Waals surface area contributed by atoms with E-state index in [2.05, 4.69) is 6.58 Å². The molecule has 0 saturated heterocycles. The van der Waals surface area contributed by atoms with Crippen LogP contribution in [0.2, 0.25) is 0 Å². The normalized spacial score (nSPS) is 14.5. The highest BCUT2D eigenvalue weighted by Crippen LogP contribution is 2.19. The third-order valence-corrected chi connectivity index (χ3v) is 1.34. The van der Waals surface area contributed by atoms with E-state index in [-0.39, 0.29) is 0 Å². The summed E-state index contributed by atoms with van der Waals surface area (Å²) < 4.78 is 0. The van der Waals surface area contributed by atoms with Crippen LogP contribution in [0.1, 0.15) is 12.8 Å². The second kappa shape index (κ2) is 3.90. The van der Waals surface area contributed by atoms with E-state index < -0.39 is 36.1 Å². The first-order valence-corrected chi connectivity index (χ1v) is 3.32. The number of aliphatic hydroxyl groups excluding tert-OH is 1. The summed E-state index contributed by atoms with van der Waals surface area (Å²) in [5, 5.41) is 34.6. The van der Waals surface area contributed by atoms with Gasteiger partial charge in [0.2, 0.25) is 0 Å². The predicted molar refractivity (Wildman–Crippen MR) is 41.2 cm³/mol. The summed E-state index contributed by atoms with van der Waals surface area (Å²) in [5.41, 5.74) is -2.49. The number of aliphatic hydroxyl groups is 2. The monoisotopic (exact) mass is 190 g/mol. The molecular formula is C7H10O6. The summed E-state index contributed by atoms with van der Waals surface area (Å²) >= 11 is 0. The molecule has 1 unspecified atom stereocenters. The van der Waals surface area contributed by atoms with E-state index in [1.165, 1.54) is 0 Å². The molecule has 0 aliphatic rings. The molecule has 0 aromatic carbocycles. The molecule has 1 atom stereocenters. The third kappa shape index (κ3) is 3.57. The van der Waals surface area contributed by atoms with Gasteiger partial charge in [-0.2, -0.15) is 0 Å². The van der Waals surface area contributed by atoms with Crippen molar-refractivity contribution in [3.8, 4) is 0 Å². The Morgan fingerprint density at radius 2 is 1.62 bits per heavy atom. The zero-order chi connectivity index (χ0) is 10.6. The summed E-state index contributed by atoms with van der Waals surface area (Å²) in [7, 11) is 0. The summed E-state index contributed by atoms with van der Waals surface area (Å²) in [6.45, 7) is 2.97. The van der Waals surface area contributed by atoms with Crippen LogP contribution < -0.4 is 0 Å². The van der Waals surface area contributed by atoms with Crippen molar-refractivity contribution in [2.45, 2.75) is 18.4 Å². The zero-order valence-electron chi connectivity index (χ0n) is 6.73. The van der Waals surface area contributed by atoms with Crippen molar-refractivity contribution in [3.05, 3.63) is 12.3 Å². The Kier molecular flexibility index (Phi) is 3.43. The Bertz CT molecular complexity index is 227. The van der Waals surface area contributed by atoms with Gasteiger partial charge in [-0.05, 0) is 0 Å². The molecule has 6 heteroatoms. The largest absolute Gasteiger partial charge is 0.513 e. The zero-order valence-corrected chi connectivity index (χ0v) is 6.73. The molecule has 0 amide bonds. The van der Waals surface area contributed by atoms with Crippen LogP contribution >= 0.6 is 0 Å². The first-order valence-electron chi connectivity index (χ1n) is 3.32. The lowest BCUT2D eigenvalue weighted by Crippen LogP contribution is -2.41. The first-order chi connectivity index (χ1) is 5.78. The number of carboxylic acids is 2. The third-order valence-electron chi connectivity index (χ3n) is 1.34. The van der Waals surface area contributed by atoms with Gasteiger partial charge in [0.15, 0.2) is 5.60 Å². The highest BCUT2D eigenvalue weighted by atomic mass is 16.4. The molecule has 0 spiro atoms. The fourth-order valence-corrected chi connectivity index (χ4v) is 0.801. The van der Waals surface area contributed by atoms with Gasteiger partial charge in [-0.25, -0.2) is 4.79 Å². The fourth-order valence-electron chi connectivity index (χ4n) is 0.801. The van der Waals surface area contributed by atoms with Crippen molar-refractivity contribution >= 4 is 11.9 Å². The Morgan fingerprint density at radius 1 is 1.15 bits per heavy atom. The quantitative estimate of drug-likeness (QED) is 0.444. The Labute approximate surface area is 73.7 Å². The van der Waals surface area contributed by atoms with Crippen LogP contribution in [0.15, 0.2) is 12.3 Å². The minimum Gasteiger partial charge on any atom is -0.513 e. The van der Waals surface area contributed by atoms with Crippen LogP contribution in [0.25, 0.3) is 0 Å². The molecule has 0 radical (unpaired) electrons. The smallest absolute Gasteiger partial charge is 0.336 e. The number of carbonyl (C=O) groups is 2. The van der Waals surface area contributed by atoms with Gasteiger partial charge in [0.05, 0.1) is 12.2 Å². The van der Waals surface area contributed by atoms with Crippen molar-refractivity contribution in [2.75, 3.05) is 0 Å². The van der Waals surface area contributed by atoms with Crippen LogP contribution in [-0.2, 0) is 9.59 Å². The molecule has 0 heterocycles. The highest BCUT2D eigenvalue weighted by Gasteiger charge is 2.39. The topological polar surface area (TPSA) is 115 Å². The molecule has 13 heavy (non-hydrogen) atoms. The van der Waals surface area contributed by atoms with Gasteiger partial charge < -0.3 is 20.4 Å². The lowest BCUT2D eigenvalue weighted by atomic mass is 9.95. The minimum atomic E-state index is -2.49. The van der Waals surface area contributed by atoms with E-state index in [0.29, 0.717) is 0 Å². The summed E-state index contributed by atoms with van der Waals surface area (Å²) in [4.78, 5) is 20.6. The van der Waals surface area contributed by atoms with Crippen molar-refractivity contribution in [3.63, 3.8) is 0 Å². The van der Waals surface area contributed by atoms with Crippen molar-refractivity contribution in [1.82, 2.24) is 0 Å². The molecule has 0 rings (SSSR count). The van der Waals surface area contributed by atoms with E-state index >= 15 is 0 Å². The maximum absolute atomic E-state index is 10.4. The molecule has 74 valence electrons. The van der Waals surface area contributed by atoms with Crippen molar-refractivity contribution < 1.29 is 30.0 Å². The van der Waals surface area contributed by atoms with Gasteiger partial charge >= 0.3 is 11.9 Å². The molecule has 0 aromatic rings. The number of hydrogen-bond donors (Lipinski definition) is 4. The number of carboxylic acid groups (broad SMARTS) is 2. The SMILES string of the molecule is C=C(O)CC(O)(CC(=O)O)C(=O)O. The van der Waals surface area contributed by atoms with E-state index in [9.17, 15) is 14.7 Å². The Hall–Kier alpha value is -1.56. The van der Waals surface area contributed by atoms with E-state index in [0.717, 1.165) is 0 Å². The number of hydrogen-bond acceptors (Lipinski definition) is 4. The van der Waals surface area contributed by atoms with Crippen LogP contribution in [0.3, 0.4) is 0 Å². The van der Waals surface area contributed by atoms with Gasteiger partial charge in [-0.3, -0.25) is 4.79 Å². The van der Waals surface area contributed by atoms with Crippen LogP contribution in [-0.4, -0.2) is 38.0 Å². The summed E-state index contributed by atoms with van der Waals surface area (Å²) in [6, 6.07) is 0. The maximum Gasteiger partial charge on any atom is 0.336 e. The lowest BCUT2D eigenvalue weighted by molar-refractivity contribution is -0.165. The van der Waals surface area contributed by atoms with Crippen LogP contribution in [0, 0.1) is 0 Å². The predicted octanol–water partition coefficient (Wildman–Crippen LogP) is -0.261. The molecule has 0 aliphatic carbocycles. The summed E-state index contributed by atoms with van der Waals surface area (Å²) in [6.07, 6.45) is -1.68. The summed E-state index contributed by atoms with van der Waals surface area (Å²) in [5.74, 6) is -3.75. The van der Waals surface area contributed by atoms with E-state index in [1.54, 1.807) is 0 Å². The van der Waals surface area contributed by atoms with Gasteiger partial charge in [-0.1, -0.05) is 6.58 Å². The molecule has 0 aromatic heterocycles. The molecule has 0 saturated carbocycles.